The number of nitrogens with one attached hydrogen (secondary N) is 1. The Hall–Kier alpha value is -2.60. The van der Waals surface area contributed by atoms with Gasteiger partial charge in [-0.15, -0.1) is 0 Å². The normalized spacial score (nSPS) is 19.9. The van der Waals surface area contributed by atoms with Crippen LogP contribution in [0.25, 0.3) is 5.57 Å². The number of aromatic nitrogens is 2. The average molecular weight is 327 g/mol. The van der Waals surface area contributed by atoms with Crippen molar-refractivity contribution in [2.45, 2.75) is 32.1 Å². The summed E-state index contributed by atoms with van der Waals surface area (Å²) in [5, 5.41) is 9.23. The Kier molecular flexibility index (Phi) is 4.15. The molecule has 24 heavy (non-hydrogen) atoms. The van der Waals surface area contributed by atoms with Gasteiger partial charge in [0.05, 0.1) is 5.41 Å². The fourth-order valence-corrected chi connectivity index (χ4v) is 3.26. The number of carbonyl (C=O) groups is 1. The van der Waals surface area contributed by atoms with Gasteiger partial charge < -0.3 is 0 Å². The molecule has 0 aliphatic heterocycles. The van der Waals surface area contributed by atoms with E-state index >= 15 is 0 Å². The number of hydroxylamine groups is 1. The first-order chi connectivity index (χ1) is 11.5. The molecule has 0 unspecified atom stereocenters. The molecule has 1 aliphatic rings. The summed E-state index contributed by atoms with van der Waals surface area (Å²) in [7, 11) is 0. The smallest absolute Gasteiger partial charge is 0.257 e. The molecule has 1 atom stereocenters. The number of benzene rings is 1. The zero-order chi connectivity index (χ0) is 17.3. The van der Waals surface area contributed by atoms with Gasteiger partial charge in [-0.2, -0.15) is 0 Å². The summed E-state index contributed by atoms with van der Waals surface area (Å²) < 4.78 is 14.0. The van der Waals surface area contributed by atoms with Gasteiger partial charge in [0, 0.05) is 18.0 Å². The number of hydrogen-bond donors (Lipinski definition) is 2. The fraction of sp³-hybridized carbons (Fsp3) is 0.278. The Labute approximate surface area is 139 Å². The van der Waals surface area contributed by atoms with Crippen molar-refractivity contribution in [3.05, 3.63) is 65.0 Å². The van der Waals surface area contributed by atoms with Crippen LogP contribution in [-0.4, -0.2) is 21.1 Å². The molecule has 6 heteroatoms. The Morgan fingerprint density at radius 1 is 1.29 bits per heavy atom. The highest BCUT2D eigenvalue weighted by molar-refractivity contribution is 5.94. The molecule has 1 aromatic heterocycles. The van der Waals surface area contributed by atoms with Gasteiger partial charge in [0.15, 0.2) is 0 Å². The van der Waals surface area contributed by atoms with Gasteiger partial charge >= 0.3 is 0 Å². The number of allylic oxidation sites excluding steroid dienone is 1. The number of halogens is 1. The van der Waals surface area contributed by atoms with E-state index in [0.717, 1.165) is 11.1 Å². The SMILES string of the molecule is Cc1ncc(C2=C[C@](C(=O)NO)(c3cccc(F)c3C)CC2)cn1. The maximum absolute atomic E-state index is 14.0. The maximum Gasteiger partial charge on any atom is 0.257 e. The molecule has 1 aliphatic carbocycles. The predicted molar refractivity (Wildman–Crippen MR) is 86.7 cm³/mol. The molecule has 0 saturated heterocycles. The average Bonchev–Trinajstić information content (AvgIpc) is 3.03. The summed E-state index contributed by atoms with van der Waals surface area (Å²) in [6, 6.07) is 4.65. The minimum atomic E-state index is -1.11. The largest absolute Gasteiger partial charge is 0.289 e. The van der Waals surface area contributed by atoms with Crippen molar-refractivity contribution < 1.29 is 14.4 Å². The van der Waals surface area contributed by atoms with Crippen LogP contribution in [-0.2, 0) is 10.2 Å². The lowest BCUT2D eigenvalue weighted by atomic mass is 9.77. The van der Waals surface area contributed by atoms with Crippen LogP contribution in [0.3, 0.4) is 0 Å². The van der Waals surface area contributed by atoms with E-state index in [1.807, 2.05) is 0 Å². The molecule has 1 heterocycles. The van der Waals surface area contributed by atoms with E-state index in [0.29, 0.717) is 29.8 Å². The second-order valence-electron chi connectivity index (χ2n) is 6.01. The first-order valence-corrected chi connectivity index (χ1v) is 7.69. The van der Waals surface area contributed by atoms with Crippen LogP contribution in [0.2, 0.25) is 0 Å². The summed E-state index contributed by atoms with van der Waals surface area (Å²) >= 11 is 0. The zero-order valence-electron chi connectivity index (χ0n) is 13.5. The van der Waals surface area contributed by atoms with Gasteiger partial charge in [0.1, 0.15) is 11.6 Å². The lowest BCUT2D eigenvalue weighted by molar-refractivity contribution is -0.133. The number of rotatable bonds is 3. The first kappa shape index (κ1) is 16.3. The number of hydrogen-bond acceptors (Lipinski definition) is 4. The summed E-state index contributed by atoms with van der Waals surface area (Å²) in [6.07, 6.45) is 6.25. The highest BCUT2D eigenvalue weighted by Gasteiger charge is 2.43. The quantitative estimate of drug-likeness (QED) is 0.671. The highest BCUT2D eigenvalue weighted by atomic mass is 19.1. The lowest BCUT2D eigenvalue weighted by Crippen LogP contribution is -2.41. The number of aryl methyl sites for hydroxylation is 1. The molecule has 0 saturated carbocycles. The van der Waals surface area contributed by atoms with Crippen LogP contribution in [0.4, 0.5) is 4.39 Å². The molecule has 0 bridgehead atoms. The third kappa shape index (κ3) is 2.59. The van der Waals surface area contributed by atoms with Gasteiger partial charge in [-0.25, -0.2) is 19.8 Å². The van der Waals surface area contributed by atoms with E-state index in [1.165, 1.54) is 6.07 Å². The summed E-state index contributed by atoms with van der Waals surface area (Å²) in [6.45, 7) is 3.43. The Balaban J connectivity index is 2.13. The lowest BCUT2D eigenvalue weighted by Gasteiger charge is -2.27. The van der Waals surface area contributed by atoms with Crippen LogP contribution in [0.5, 0.6) is 0 Å². The van der Waals surface area contributed by atoms with Crippen LogP contribution < -0.4 is 5.48 Å². The van der Waals surface area contributed by atoms with E-state index in [-0.39, 0.29) is 5.82 Å². The molecule has 0 fully saturated rings. The molecular weight excluding hydrogens is 309 g/mol. The molecule has 3 rings (SSSR count). The number of carbonyl (C=O) groups excluding carboxylic acids is 1. The van der Waals surface area contributed by atoms with Crippen molar-refractivity contribution >= 4 is 11.5 Å². The number of amides is 1. The van der Waals surface area contributed by atoms with Crippen LogP contribution >= 0.6 is 0 Å². The molecule has 0 spiro atoms. The van der Waals surface area contributed by atoms with Gasteiger partial charge in [-0.3, -0.25) is 10.0 Å². The topological polar surface area (TPSA) is 75.1 Å². The molecular formula is C18H18FN3O2. The molecule has 2 aromatic rings. The van der Waals surface area contributed by atoms with Crippen molar-refractivity contribution in [1.29, 1.82) is 0 Å². The van der Waals surface area contributed by atoms with Gasteiger partial charge in [0.2, 0.25) is 0 Å². The first-order valence-electron chi connectivity index (χ1n) is 7.69. The molecule has 2 N–H and O–H groups in total. The summed E-state index contributed by atoms with van der Waals surface area (Å²) in [5.74, 6) is -0.282. The second-order valence-corrected chi connectivity index (χ2v) is 6.01. The van der Waals surface area contributed by atoms with Crippen LogP contribution in [0.15, 0.2) is 36.7 Å². The Morgan fingerprint density at radius 2 is 2.00 bits per heavy atom. The Morgan fingerprint density at radius 3 is 2.67 bits per heavy atom. The molecule has 1 aromatic carbocycles. The third-order valence-corrected chi connectivity index (χ3v) is 4.62. The minimum absolute atomic E-state index is 0.377. The summed E-state index contributed by atoms with van der Waals surface area (Å²) in [5.41, 5.74) is 3.31. The van der Waals surface area contributed by atoms with Crippen LogP contribution in [0.1, 0.15) is 35.4 Å². The van der Waals surface area contributed by atoms with Crippen molar-refractivity contribution in [2.75, 3.05) is 0 Å². The molecule has 124 valence electrons. The molecule has 1 amide bonds. The maximum atomic E-state index is 14.0. The van der Waals surface area contributed by atoms with Crippen molar-refractivity contribution in [3.8, 4) is 0 Å². The van der Waals surface area contributed by atoms with Gasteiger partial charge in [0.25, 0.3) is 5.91 Å². The number of nitrogens with zero attached hydrogens (tertiary/aromatic N) is 2. The second kappa shape index (κ2) is 6.13. The van der Waals surface area contributed by atoms with E-state index < -0.39 is 11.3 Å². The van der Waals surface area contributed by atoms with Gasteiger partial charge in [-0.1, -0.05) is 18.2 Å². The monoisotopic (exact) mass is 327 g/mol. The van der Waals surface area contributed by atoms with E-state index in [9.17, 15) is 14.4 Å². The third-order valence-electron chi connectivity index (χ3n) is 4.62. The standard InChI is InChI=1S/C18H18FN3O2/c1-11-15(4-3-5-16(11)19)18(17(23)22-24)7-6-13(8-18)14-9-20-12(2)21-10-14/h3-5,8-10,24H,6-7H2,1-2H3,(H,22,23)/t18-/m0/s1. The van der Waals surface area contributed by atoms with E-state index in [1.54, 1.807) is 49.9 Å². The predicted octanol–water partition coefficient (Wildman–Crippen LogP) is 2.85. The minimum Gasteiger partial charge on any atom is -0.289 e. The van der Waals surface area contributed by atoms with Crippen molar-refractivity contribution in [3.63, 3.8) is 0 Å². The van der Waals surface area contributed by atoms with Crippen molar-refractivity contribution in [1.82, 2.24) is 15.4 Å². The zero-order valence-corrected chi connectivity index (χ0v) is 13.5. The van der Waals surface area contributed by atoms with Crippen LogP contribution in [0, 0.1) is 19.7 Å². The van der Waals surface area contributed by atoms with E-state index in [4.69, 9.17) is 0 Å². The van der Waals surface area contributed by atoms with Crippen molar-refractivity contribution in [2.24, 2.45) is 0 Å². The summed E-state index contributed by atoms with van der Waals surface area (Å²) in [4.78, 5) is 20.8. The Bertz CT molecular complexity index is 818. The van der Waals surface area contributed by atoms with E-state index in [2.05, 4.69) is 9.97 Å². The highest BCUT2D eigenvalue weighted by Crippen LogP contribution is 2.44. The van der Waals surface area contributed by atoms with Gasteiger partial charge in [-0.05, 0) is 49.5 Å². The fourth-order valence-electron chi connectivity index (χ4n) is 3.26. The molecule has 5 nitrogen and oxygen atoms in total. The molecule has 0 radical (unpaired) electrons.